The first-order valence-corrected chi connectivity index (χ1v) is 18.4. The average Bonchev–Trinajstić information content (AvgIpc) is 3.66. The first-order valence-electron chi connectivity index (χ1n) is 18.4. The first-order chi connectivity index (χ1) is 25.3. The minimum absolute atomic E-state index is 0.00284. The highest BCUT2D eigenvalue weighted by molar-refractivity contribution is 5.81. The predicted octanol–water partition coefficient (Wildman–Crippen LogP) is 8.50. The van der Waals surface area contributed by atoms with E-state index in [0.717, 1.165) is 43.4 Å². The lowest BCUT2D eigenvalue weighted by Gasteiger charge is -2.29. The summed E-state index contributed by atoms with van der Waals surface area (Å²) < 4.78 is 3.37. The largest absolute Gasteiger partial charge is 0.384 e. The normalized spacial score (nSPS) is 16.6. The van der Waals surface area contributed by atoms with Crippen LogP contribution in [0.4, 0.5) is 11.4 Å². The molecule has 2 heterocycles. The number of nitrogens with zero attached hydrogens (tertiary/aromatic N) is 6. The molecule has 0 aliphatic heterocycles. The van der Waals surface area contributed by atoms with E-state index in [0.29, 0.717) is 58.7 Å². The Morgan fingerprint density at radius 1 is 0.944 bits per heavy atom. The minimum atomic E-state index is -0.401. The Hall–Kier alpha value is -5.62. The molecule has 2 aromatic heterocycles. The second-order valence-corrected chi connectivity index (χ2v) is 16.2. The van der Waals surface area contributed by atoms with Crippen molar-refractivity contribution >= 4 is 16.9 Å². The number of hydrogen-bond donors (Lipinski definition) is 2. The van der Waals surface area contributed by atoms with Crippen molar-refractivity contribution in [2.24, 2.45) is 36.8 Å². The van der Waals surface area contributed by atoms with Gasteiger partial charge in [-0.05, 0) is 84.8 Å². The zero-order chi connectivity index (χ0) is 39.8. The van der Waals surface area contributed by atoms with E-state index >= 15 is 0 Å². The molecule has 286 valence electrons. The summed E-state index contributed by atoms with van der Waals surface area (Å²) >= 11 is 0. The quantitative estimate of drug-likeness (QED) is 0.0770. The second kappa shape index (κ2) is 17.5. The monoisotopic (exact) mass is 734 g/mol. The second-order valence-electron chi connectivity index (χ2n) is 16.2. The van der Waals surface area contributed by atoms with Crippen LogP contribution in [0.1, 0.15) is 97.4 Å². The van der Waals surface area contributed by atoms with Crippen LogP contribution in [0.25, 0.3) is 16.8 Å². The lowest BCUT2D eigenvalue weighted by Crippen LogP contribution is -2.27. The van der Waals surface area contributed by atoms with Crippen LogP contribution < -0.4 is 10.6 Å². The van der Waals surface area contributed by atoms with Gasteiger partial charge < -0.3 is 10.6 Å². The number of anilines is 1. The van der Waals surface area contributed by atoms with E-state index in [-0.39, 0.29) is 27.1 Å². The molecule has 1 aromatic carbocycles. The first kappa shape index (κ1) is 41.1. The SMILES string of the molecule is C=C/C(NCC1CCC(CCNc2ccc([N+](=O)[O-])cc2-c2nn(C)cc2C#CC(C)(C)C)CC1)=C(\C=C(/C)[N+](=O)[O-])c1nn(C)cc1C#CC(C)(C)C. The van der Waals surface area contributed by atoms with Crippen molar-refractivity contribution in [3.63, 3.8) is 0 Å². The summed E-state index contributed by atoms with van der Waals surface area (Å²) in [5, 5.41) is 39.8. The van der Waals surface area contributed by atoms with Crippen LogP contribution in [0.2, 0.25) is 0 Å². The van der Waals surface area contributed by atoms with Gasteiger partial charge in [-0.15, -0.1) is 0 Å². The molecule has 0 radical (unpaired) electrons. The standard InChI is InChI=1S/C42H54N8O4/c1-11-37(35(24-29(2)49(51)52)39-32(27-47(9)45-39)18-21-41(3,4)5)44-26-31-14-12-30(13-15-31)20-23-43-38-17-16-34(50(53)54)25-36(38)40-33(28-48(10)46-40)19-22-42(6,7)8/h11,16-17,24-25,27-28,30-31,43-44H,1,12-15,20,23,26H2,2-10H3/b29-24+,37-35-. The summed E-state index contributed by atoms with van der Waals surface area (Å²) in [6.07, 6.45) is 12.1. The van der Waals surface area contributed by atoms with E-state index in [1.165, 1.54) is 13.0 Å². The van der Waals surface area contributed by atoms with E-state index in [1.54, 1.807) is 33.6 Å². The summed E-state index contributed by atoms with van der Waals surface area (Å²) in [4.78, 5) is 22.6. The van der Waals surface area contributed by atoms with Crippen LogP contribution in [0.3, 0.4) is 0 Å². The lowest BCUT2D eigenvalue weighted by molar-refractivity contribution is -0.424. The molecule has 1 saturated carbocycles. The maximum atomic E-state index is 11.7. The fourth-order valence-corrected chi connectivity index (χ4v) is 6.27. The van der Waals surface area contributed by atoms with Crippen molar-refractivity contribution in [1.29, 1.82) is 0 Å². The number of allylic oxidation sites excluding steroid dienone is 4. The Kier molecular flexibility index (Phi) is 13.3. The Morgan fingerprint density at radius 2 is 1.54 bits per heavy atom. The molecule has 0 amide bonds. The van der Waals surface area contributed by atoms with Gasteiger partial charge in [-0.1, -0.05) is 43.1 Å². The van der Waals surface area contributed by atoms with Gasteiger partial charge in [0.2, 0.25) is 5.70 Å². The van der Waals surface area contributed by atoms with Crippen molar-refractivity contribution < 1.29 is 9.85 Å². The van der Waals surface area contributed by atoms with E-state index in [9.17, 15) is 20.2 Å². The van der Waals surface area contributed by atoms with Crippen molar-refractivity contribution in [3.8, 4) is 34.9 Å². The van der Waals surface area contributed by atoms with Gasteiger partial charge in [0.1, 0.15) is 11.4 Å². The zero-order valence-electron chi connectivity index (χ0n) is 33.2. The average molecular weight is 735 g/mol. The molecule has 0 unspecified atom stereocenters. The van der Waals surface area contributed by atoms with Crippen LogP contribution in [-0.2, 0) is 14.1 Å². The Morgan fingerprint density at radius 3 is 2.13 bits per heavy atom. The third kappa shape index (κ3) is 11.7. The number of nitrogens with one attached hydrogen (secondary N) is 2. The van der Waals surface area contributed by atoms with Crippen molar-refractivity contribution in [2.45, 2.75) is 80.6 Å². The number of benzene rings is 1. The van der Waals surface area contributed by atoms with Gasteiger partial charge in [-0.2, -0.15) is 10.2 Å². The number of nitro benzene ring substituents is 1. The van der Waals surface area contributed by atoms with Crippen LogP contribution in [-0.4, -0.2) is 42.5 Å². The maximum absolute atomic E-state index is 11.7. The molecule has 0 spiro atoms. The third-order valence-electron chi connectivity index (χ3n) is 9.08. The van der Waals surface area contributed by atoms with E-state index in [4.69, 9.17) is 0 Å². The fraction of sp³-hybridized carbons (Fsp3) is 0.476. The highest BCUT2D eigenvalue weighted by atomic mass is 16.6. The Labute approximate surface area is 319 Å². The van der Waals surface area contributed by atoms with Gasteiger partial charge in [0.25, 0.3) is 5.69 Å². The van der Waals surface area contributed by atoms with Gasteiger partial charge in [0.05, 0.1) is 21.0 Å². The van der Waals surface area contributed by atoms with E-state index < -0.39 is 4.92 Å². The smallest absolute Gasteiger partial charge is 0.270 e. The molecule has 3 aromatic rings. The van der Waals surface area contributed by atoms with Gasteiger partial charge in [-0.3, -0.25) is 29.6 Å². The van der Waals surface area contributed by atoms with Crippen LogP contribution in [0.15, 0.2) is 60.7 Å². The van der Waals surface area contributed by atoms with Crippen molar-refractivity contribution in [1.82, 2.24) is 24.9 Å². The summed E-state index contributed by atoms with van der Waals surface area (Å²) in [6.45, 7) is 19.1. The summed E-state index contributed by atoms with van der Waals surface area (Å²) in [5.74, 6) is 13.9. The molecule has 2 N–H and O–H groups in total. The molecule has 4 rings (SSSR count). The molecular weight excluding hydrogens is 681 g/mol. The number of nitro groups is 2. The number of aryl methyl sites for hydroxylation is 2. The lowest BCUT2D eigenvalue weighted by atomic mass is 9.80. The number of non-ortho nitro benzene ring substituents is 1. The highest BCUT2D eigenvalue weighted by Crippen LogP contribution is 2.35. The molecule has 1 aliphatic carbocycles. The van der Waals surface area contributed by atoms with E-state index in [2.05, 4.69) is 51.1 Å². The minimum Gasteiger partial charge on any atom is -0.384 e. The van der Waals surface area contributed by atoms with Gasteiger partial charge in [0, 0.05) is 98.1 Å². The molecule has 0 saturated heterocycles. The predicted molar refractivity (Wildman–Crippen MR) is 216 cm³/mol. The Bertz CT molecular complexity index is 2060. The summed E-state index contributed by atoms with van der Waals surface area (Å²) in [7, 11) is 3.64. The molecule has 0 bridgehead atoms. The molecule has 12 nitrogen and oxygen atoms in total. The van der Waals surface area contributed by atoms with Crippen molar-refractivity contribution in [2.75, 3.05) is 18.4 Å². The van der Waals surface area contributed by atoms with Gasteiger partial charge >= 0.3 is 0 Å². The molecular formula is C42H54N8O4. The number of rotatable bonds is 13. The fourth-order valence-electron chi connectivity index (χ4n) is 6.27. The maximum Gasteiger partial charge on any atom is 0.270 e. The summed E-state index contributed by atoms with van der Waals surface area (Å²) in [6, 6.07) is 4.86. The van der Waals surface area contributed by atoms with Crippen LogP contribution >= 0.6 is 0 Å². The van der Waals surface area contributed by atoms with Crippen LogP contribution in [0.5, 0.6) is 0 Å². The third-order valence-corrected chi connectivity index (χ3v) is 9.08. The number of aromatic nitrogens is 4. The molecule has 12 heteroatoms. The molecule has 1 fully saturated rings. The molecule has 0 atom stereocenters. The van der Waals surface area contributed by atoms with Gasteiger partial charge in [-0.25, -0.2) is 0 Å². The molecule has 1 aliphatic rings. The number of hydrogen-bond acceptors (Lipinski definition) is 8. The topological polar surface area (TPSA) is 146 Å². The Balaban J connectivity index is 1.44. The highest BCUT2D eigenvalue weighted by Gasteiger charge is 2.24. The van der Waals surface area contributed by atoms with Crippen molar-refractivity contribution in [3.05, 3.63) is 97.8 Å². The molecule has 54 heavy (non-hydrogen) atoms. The van der Waals surface area contributed by atoms with Gasteiger partial charge in [0.15, 0.2) is 0 Å². The zero-order valence-corrected chi connectivity index (χ0v) is 33.2. The van der Waals surface area contributed by atoms with Crippen LogP contribution in [0, 0.1) is 66.6 Å². The summed E-state index contributed by atoms with van der Waals surface area (Å²) in [5.41, 5.74) is 4.89. The van der Waals surface area contributed by atoms with E-state index in [1.807, 2.05) is 68.0 Å².